The maximum absolute atomic E-state index is 11.8. The quantitative estimate of drug-likeness (QED) is 0.841. The molecule has 1 aliphatic rings. The Bertz CT molecular complexity index is 411. The minimum absolute atomic E-state index is 0.0638. The van der Waals surface area contributed by atoms with E-state index in [2.05, 4.69) is 5.32 Å². The Labute approximate surface area is 97.3 Å². The van der Waals surface area contributed by atoms with E-state index in [-0.39, 0.29) is 11.8 Å². The Morgan fingerprint density at radius 1 is 1.56 bits per heavy atom. The molecule has 0 spiro atoms. The van der Waals surface area contributed by atoms with E-state index >= 15 is 0 Å². The molecule has 1 atom stereocenters. The van der Waals surface area contributed by atoms with Crippen molar-refractivity contribution in [1.29, 1.82) is 0 Å². The lowest BCUT2D eigenvalue weighted by Crippen LogP contribution is -2.53. The minimum atomic E-state index is -1.12. The van der Waals surface area contributed by atoms with Gasteiger partial charge in [0.05, 0.1) is 4.88 Å². The Morgan fingerprint density at radius 3 is 2.69 bits per heavy atom. The average Bonchev–Trinajstić information content (AvgIpc) is 2.94. The molecule has 1 heterocycles. The maximum atomic E-state index is 11.8. The van der Waals surface area contributed by atoms with Gasteiger partial charge in [0.15, 0.2) is 0 Å². The molecule has 4 nitrogen and oxygen atoms in total. The molecule has 2 N–H and O–H groups in total. The molecule has 1 unspecified atom stereocenters. The van der Waals surface area contributed by atoms with E-state index in [9.17, 15) is 14.7 Å². The third-order valence-corrected chi connectivity index (χ3v) is 3.82. The van der Waals surface area contributed by atoms with Gasteiger partial charge >= 0.3 is 5.97 Å². The number of nitrogens with one attached hydrogen (secondary N) is 1. The van der Waals surface area contributed by atoms with Crippen molar-refractivity contribution in [2.75, 3.05) is 0 Å². The van der Waals surface area contributed by atoms with Crippen LogP contribution < -0.4 is 5.32 Å². The highest BCUT2D eigenvalue weighted by molar-refractivity contribution is 7.12. The fraction of sp³-hybridized carbons (Fsp3) is 0.455. The maximum Gasteiger partial charge on any atom is 0.329 e. The van der Waals surface area contributed by atoms with Crippen LogP contribution in [0.15, 0.2) is 17.5 Å². The third kappa shape index (κ3) is 1.95. The predicted octanol–water partition coefficient (Wildman–Crippen LogP) is 1.73. The Morgan fingerprint density at radius 2 is 2.25 bits per heavy atom. The first-order chi connectivity index (χ1) is 7.54. The van der Waals surface area contributed by atoms with Crippen molar-refractivity contribution in [2.45, 2.75) is 25.3 Å². The molecule has 16 heavy (non-hydrogen) atoms. The summed E-state index contributed by atoms with van der Waals surface area (Å²) in [5, 5.41) is 13.6. The molecule has 0 radical (unpaired) electrons. The van der Waals surface area contributed by atoms with E-state index in [4.69, 9.17) is 0 Å². The molecule has 0 aromatic carbocycles. The summed E-state index contributed by atoms with van der Waals surface area (Å²) in [6.45, 7) is 1.58. The van der Waals surface area contributed by atoms with Crippen molar-refractivity contribution in [2.24, 2.45) is 5.92 Å². The molecule has 2 rings (SSSR count). The molecule has 1 aromatic rings. The zero-order chi connectivity index (χ0) is 11.8. The number of amides is 1. The van der Waals surface area contributed by atoms with Crippen LogP contribution in [0.3, 0.4) is 0 Å². The van der Waals surface area contributed by atoms with Crippen molar-refractivity contribution < 1.29 is 14.7 Å². The highest BCUT2D eigenvalue weighted by Gasteiger charge is 2.48. The minimum Gasteiger partial charge on any atom is -0.480 e. The van der Waals surface area contributed by atoms with Gasteiger partial charge in [-0.3, -0.25) is 4.79 Å². The van der Waals surface area contributed by atoms with Crippen LogP contribution >= 0.6 is 11.3 Å². The van der Waals surface area contributed by atoms with Crippen molar-refractivity contribution in [3.05, 3.63) is 22.4 Å². The number of carboxylic acid groups (broad SMARTS) is 1. The molecule has 0 saturated heterocycles. The average molecular weight is 239 g/mol. The van der Waals surface area contributed by atoms with Crippen LogP contribution in [0, 0.1) is 5.92 Å². The molecule has 1 fully saturated rings. The van der Waals surface area contributed by atoms with E-state index in [0.29, 0.717) is 4.88 Å². The molecular formula is C11H13NO3S. The number of rotatable bonds is 4. The van der Waals surface area contributed by atoms with Crippen LogP contribution in [-0.4, -0.2) is 22.5 Å². The first kappa shape index (κ1) is 11.1. The number of aliphatic carboxylic acids is 1. The van der Waals surface area contributed by atoms with Crippen molar-refractivity contribution in [3.8, 4) is 0 Å². The lowest BCUT2D eigenvalue weighted by atomic mass is 9.96. The summed E-state index contributed by atoms with van der Waals surface area (Å²) in [7, 11) is 0. The van der Waals surface area contributed by atoms with Gasteiger partial charge in [0.2, 0.25) is 0 Å². The molecule has 1 aromatic heterocycles. The number of carboxylic acids is 1. The number of thiophene rings is 1. The largest absolute Gasteiger partial charge is 0.480 e. The summed E-state index contributed by atoms with van der Waals surface area (Å²) in [4.78, 5) is 23.5. The molecule has 86 valence electrons. The van der Waals surface area contributed by atoms with Crippen LogP contribution in [0.2, 0.25) is 0 Å². The van der Waals surface area contributed by atoms with Crippen LogP contribution in [0.25, 0.3) is 0 Å². The summed E-state index contributed by atoms with van der Waals surface area (Å²) in [6.07, 6.45) is 1.74. The predicted molar refractivity (Wildman–Crippen MR) is 60.6 cm³/mol. The summed E-state index contributed by atoms with van der Waals surface area (Å²) < 4.78 is 0. The summed E-state index contributed by atoms with van der Waals surface area (Å²) in [5.74, 6) is -1.19. The van der Waals surface area contributed by atoms with E-state index < -0.39 is 11.5 Å². The highest BCUT2D eigenvalue weighted by atomic mass is 32.1. The van der Waals surface area contributed by atoms with Crippen LogP contribution in [0.4, 0.5) is 0 Å². The van der Waals surface area contributed by atoms with Crippen LogP contribution in [-0.2, 0) is 4.79 Å². The van der Waals surface area contributed by atoms with Gasteiger partial charge in [-0.1, -0.05) is 6.07 Å². The third-order valence-electron chi connectivity index (χ3n) is 2.96. The van der Waals surface area contributed by atoms with Gasteiger partial charge in [-0.05, 0) is 37.1 Å². The second-order valence-electron chi connectivity index (χ2n) is 4.21. The van der Waals surface area contributed by atoms with Gasteiger partial charge < -0.3 is 10.4 Å². The number of hydrogen-bond donors (Lipinski definition) is 2. The van der Waals surface area contributed by atoms with E-state index in [1.165, 1.54) is 11.3 Å². The zero-order valence-electron chi connectivity index (χ0n) is 8.90. The first-order valence-corrected chi connectivity index (χ1v) is 6.01. The fourth-order valence-corrected chi connectivity index (χ4v) is 2.31. The van der Waals surface area contributed by atoms with Gasteiger partial charge in [-0.25, -0.2) is 4.79 Å². The van der Waals surface area contributed by atoms with Crippen LogP contribution in [0.5, 0.6) is 0 Å². The van der Waals surface area contributed by atoms with Gasteiger partial charge in [0.25, 0.3) is 5.91 Å². The Kier molecular flexibility index (Phi) is 2.71. The van der Waals surface area contributed by atoms with E-state index in [0.717, 1.165) is 12.8 Å². The molecule has 1 saturated carbocycles. The van der Waals surface area contributed by atoms with Gasteiger partial charge in [0, 0.05) is 0 Å². The van der Waals surface area contributed by atoms with Crippen LogP contribution in [0.1, 0.15) is 29.4 Å². The van der Waals surface area contributed by atoms with E-state index in [1.54, 1.807) is 24.4 Å². The van der Waals surface area contributed by atoms with Crippen molar-refractivity contribution in [3.63, 3.8) is 0 Å². The summed E-state index contributed by atoms with van der Waals surface area (Å²) in [6, 6.07) is 3.46. The monoisotopic (exact) mass is 239 g/mol. The fourth-order valence-electron chi connectivity index (χ4n) is 1.70. The molecule has 1 amide bonds. The lowest BCUT2D eigenvalue weighted by molar-refractivity contribution is -0.144. The van der Waals surface area contributed by atoms with Crippen molar-refractivity contribution in [1.82, 2.24) is 5.32 Å². The molecular weight excluding hydrogens is 226 g/mol. The number of hydrogen-bond acceptors (Lipinski definition) is 3. The van der Waals surface area contributed by atoms with Gasteiger partial charge in [-0.15, -0.1) is 11.3 Å². The van der Waals surface area contributed by atoms with Gasteiger partial charge in [-0.2, -0.15) is 0 Å². The SMILES string of the molecule is CC(NC(=O)c1cccs1)(C(=O)O)C1CC1. The summed E-state index contributed by atoms with van der Waals surface area (Å²) >= 11 is 1.31. The molecule has 1 aliphatic carbocycles. The topological polar surface area (TPSA) is 66.4 Å². The molecule has 0 aliphatic heterocycles. The smallest absolute Gasteiger partial charge is 0.329 e. The normalized spacial score (nSPS) is 18.8. The summed E-state index contributed by atoms with van der Waals surface area (Å²) in [5.41, 5.74) is -1.12. The first-order valence-electron chi connectivity index (χ1n) is 5.13. The molecule has 5 heteroatoms. The highest BCUT2D eigenvalue weighted by Crippen LogP contribution is 2.39. The van der Waals surface area contributed by atoms with E-state index in [1.807, 2.05) is 0 Å². The Hall–Kier alpha value is -1.36. The standard InChI is InChI=1S/C11H13NO3S/c1-11(10(14)15,7-4-5-7)12-9(13)8-3-2-6-16-8/h2-3,6-7H,4-5H2,1H3,(H,12,13)(H,14,15). The Balaban J connectivity index is 2.12. The second-order valence-corrected chi connectivity index (χ2v) is 5.16. The van der Waals surface area contributed by atoms with Crippen molar-refractivity contribution >= 4 is 23.2 Å². The zero-order valence-corrected chi connectivity index (χ0v) is 9.71. The van der Waals surface area contributed by atoms with Gasteiger partial charge in [0.1, 0.15) is 5.54 Å². The lowest BCUT2D eigenvalue weighted by Gasteiger charge is -2.25. The molecule has 0 bridgehead atoms. The number of carbonyl (C=O) groups is 2. The second kappa shape index (κ2) is 3.90. The number of carbonyl (C=O) groups excluding carboxylic acids is 1.